The number of aliphatic imine (C=N–C) groups is 1. The molecule has 0 spiro atoms. The molecule has 3 aliphatic rings. The van der Waals surface area contributed by atoms with Crippen LogP contribution in [0, 0.1) is 11.8 Å². The second-order valence-electron chi connectivity index (χ2n) is 11.2. The lowest BCUT2D eigenvalue weighted by Gasteiger charge is -2.35. The van der Waals surface area contributed by atoms with Crippen molar-refractivity contribution in [3.05, 3.63) is 36.4 Å². The second kappa shape index (κ2) is 10.5. The van der Waals surface area contributed by atoms with Gasteiger partial charge < -0.3 is 11.1 Å². The van der Waals surface area contributed by atoms with Crippen LogP contribution in [0.1, 0.15) is 83.5 Å². The Kier molecular flexibility index (Phi) is 7.26. The van der Waals surface area contributed by atoms with Crippen molar-refractivity contribution in [1.82, 2.24) is 9.88 Å². The number of carbonyl (C=O) groups excluding carboxylic acids is 1. The Labute approximate surface area is 209 Å². The van der Waals surface area contributed by atoms with Crippen LogP contribution in [0.2, 0.25) is 0 Å². The van der Waals surface area contributed by atoms with E-state index in [1.807, 2.05) is 12.1 Å². The Morgan fingerprint density at radius 2 is 1.83 bits per heavy atom. The summed E-state index contributed by atoms with van der Waals surface area (Å²) < 4.78 is 0. The largest absolute Gasteiger partial charge is 0.369 e. The maximum atomic E-state index is 13.4. The Hall–Kier alpha value is -2.63. The molecule has 1 amide bonds. The van der Waals surface area contributed by atoms with E-state index in [0.717, 1.165) is 67.6 Å². The van der Waals surface area contributed by atoms with Crippen LogP contribution in [0.15, 0.2) is 41.4 Å². The van der Waals surface area contributed by atoms with Crippen molar-refractivity contribution in [2.24, 2.45) is 22.6 Å². The monoisotopic (exact) mass is 475 g/mol. The molecule has 3 atom stereocenters. The van der Waals surface area contributed by atoms with Crippen LogP contribution in [0.3, 0.4) is 0 Å². The highest BCUT2D eigenvalue weighted by molar-refractivity contribution is 6.06. The number of hydrogen-bond donors (Lipinski definition) is 2. The van der Waals surface area contributed by atoms with Gasteiger partial charge in [0.2, 0.25) is 0 Å². The highest BCUT2D eigenvalue weighted by Gasteiger charge is 2.47. The number of likely N-dealkylation sites (N-methyl/N-ethyl adjacent to an activating group) is 1. The molecular formula is C29H41N5O. The van der Waals surface area contributed by atoms with Gasteiger partial charge in [0.15, 0.2) is 5.96 Å². The first kappa shape index (κ1) is 24.1. The molecule has 0 bridgehead atoms. The van der Waals surface area contributed by atoms with E-state index in [-0.39, 0.29) is 5.91 Å². The zero-order chi connectivity index (χ0) is 24.3. The van der Waals surface area contributed by atoms with Gasteiger partial charge >= 0.3 is 0 Å². The van der Waals surface area contributed by atoms with Crippen molar-refractivity contribution in [1.29, 1.82) is 0 Å². The Bertz CT molecular complexity index is 1060. The lowest BCUT2D eigenvalue weighted by atomic mass is 9.75. The van der Waals surface area contributed by atoms with E-state index >= 15 is 0 Å². The molecule has 0 radical (unpaired) electrons. The summed E-state index contributed by atoms with van der Waals surface area (Å²) in [5.74, 6) is 2.72. The van der Waals surface area contributed by atoms with Crippen LogP contribution in [0.5, 0.6) is 0 Å². The number of benzene rings is 1. The SMILES string of the molecule is CN1C(=O)[C@@](CCCC2CCCCC2)(C[C@H]2CCC[C@@H](Nc3ccc4ccccc4n3)C2)N=C1N. The average Bonchev–Trinajstić information content (AvgIpc) is 3.08. The molecule has 3 N–H and O–H groups in total. The number of nitrogens with two attached hydrogens (primary N) is 1. The predicted octanol–water partition coefficient (Wildman–Crippen LogP) is 5.87. The van der Waals surface area contributed by atoms with Crippen molar-refractivity contribution in [3.63, 3.8) is 0 Å². The molecule has 2 saturated carbocycles. The molecule has 1 aromatic heterocycles. The zero-order valence-electron chi connectivity index (χ0n) is 21.2. The fourth-order valence-electron chi connectivity index (χ4n) is 6.76. The summed E-state index contributed by atoms with van der Waals surface area (Å²) in [5, 5.41) is 4.85. The number of carbonyl (C=O) groups is 1. The van der Waals surface area contributed by atoms with E-state index in [4.69, 9.17) is 15.7 Å². The molecule has 0 saturated heterocycles. The number of nitrogens with one attached hydrogen (secondary N) is 1. The normalized spacial score (nSPS) is 27.9. The Morgan fingerprint density at radius 3 is 2.63 bits per heavy atom. The van der Waals surface area contributed by atoms with Crippen LogP contribution in [0.4, 0.5) is 5.82 Å². The van der Waals surface area contributed by atoms with Gasteiger partial charge in [0.05, 0.1) is 5.52 Å². The van der Waals surface area contributed by atoms with Crippen LogP contribution in [-0.2, 0) is 4.79 Å². The summed E-state index contributed by atoms with van der Waals surface area (Å²) >= 11 is 0. The molecule has 1 aliphatic heterocycles. The molecule has 5 rings (SSSR count). The third kappa shape index (κ3) is 5.46. The number of aromatic nitrogens is 1. The molecule has 1 aromatic carbocycles. The van der Waals surface area contributed by atoms with Crippen LogP contribution < -0.4 is 11.1 Å². The quantitative estimate of drug-likeness (QED) is 0.500. The van der Waals surface area contributed by atoms with E-state index in [1.54, 1.807) is 11.9 Å². The third-order valence-corrected chi connectivity index (χ3v) is 8.66. The first-order valence-corrected chi connectivity index (χ1v) is 13.8. The molecule has 2 aliphatic carbocycles. The topological polar surface area (TPSA) is 83.6 Å². The van der Waals surface area contributed by atoms with Gasteiger partial charge in [0.25, 0.3) is 5.91 Å². The van der Waals surface area contributed by atoms with E-state index in [1.165, 1.54) is 38.5 Å². The first-order valence-electron chi connectivity index (χ1n) is 13.8. The molecule has 2 heterocycles. The van der Waals surface area contributed by atoms with E-state index in [0.29, 0.717) is 17.9 Å². The van der Waals surface area contributed by atoms with Gasteiger partial charge in [-0.15, -0.1) is 0 Å². The standard InChI is InChI=1S/C29H41N5O/c1-34-27(35)29(33-28(34)30,18-8-12-21-9-3-2-4-10-21)20-22-11-7-14-24(19-22)31-26-17-16-23-13-5-6-15-25(23)32-26/h5-6,13,15-17,21-22,24H,2-4,7-12,14,18-20H2,1H3,(H2,30,33)(H,31,32)/t22-,24+,29+/m0/s1. The molecule has 2 fully saturated rings. The van der Waals surface area contributed by atoms with Crippen molar-refractivity contribution < 1.29 is 4.79 Å². The Balaban J connectivity index is 1.23. The number of fused-ring (bicyclic) bond motifs is 1. The molecule has 35 heavy (non-hydrogen) atoms. The smallest absolute Gasteiger partial charge is 0.257 e. The number of guanidine groups is 1. The predicted molar refractivity (Wildman–Crippen MR) is 143 cm³/mol. The number of hydrogen-bond acceptors (Lipinski definition) is 5. The third-order valence-electron chi connectivity index (χ3n) is 8.66. The minimum absolute atomic E-state index is 0.102. The zero-order valence-corrected chi connectivity index (χ0v) is 21.2. The number of nitrogens with zero attached hydrogens (tertiary/aromatic N) is 3. The molecule has 2 aromatic rings. The molecular weight excluding hydrogens is 434 g/mol. The van der Waals surface area contributed by atoms with Crippen molar-refractivity contribution in [3.8, 4) is 0 Å². The van der Waals surface area contributed by atoms with Gasteiger partial charge in [-0.25, -0.2) is 9.98 Å². The highest BCUT2D eigenvalue weighted by Crippen LogP contribution is 2.40. The Morgan fingerprint density at radius 1 is 1.03 bits per heavy atom. The van der Waals surface area contributed by atoms with Crippen LogP contribution in [-0.4, -0.2) is 40.4 Å². The summed E-state index contributed by atoms with van der Waals surface area (Å²) in [4.78, 5) is 24.6. The van der Waals surface area contributed by atoms with E-state index < -0.39 is 5.54 Å². The van der Waals surface area contributed by atoms with Crippen molar-refractivity contribution in [2.45, 2.75) is 95.1 Å². The number of rotatable bonds is 8. The van der Waals surface area contributed by atoms with Gasteiger partial charge in [-0.1, -0.05) is 76.0 Å². The first-order chi connectivity index (χ1) is 17.0. The number of pyridine rings is 1. The van der Waals surface area contributed by atoms with Crippen LogP contribution in [0.25, 0.3) is 10.9 Å². The average molecular weight is 476 g/mol. The highest BCUT2D eigenvalue weighted by atomic mass is 16.2. The van der Waals surface area contributed by atoms with Crippen molar-refractivity contribution >= 4 is 28.6 Å². The molecule has 188 valence electrons. The minimum atomic E-state index is -0.665. The molecule has 6 nitrogen and oxygen atoms in total. The summed E-state index contributed by atoms with van der Waals surface area (Å²) in [5.41, 5.74) is 6.53. The van der Waals surface area contributed by atoms with Crippen LogP contribution >= 0.6 is 0 Å². The number of amides is 1. The summed E-state index contributed by atoms with van der Waals surface area (Å²) in [7, 11) is 1.78. The minimum Gasteiger partial charge on any atom is -0.369 e. The summed E-state index contributed by atoms with van der Waals surface area (Å²) in [6, 6.07) is 12.8. The molecule has 6 heteroatoms. The summed E-state index contributed by atoms with van der Waals surface area (Å²) in [6.07, 6.45) is 15.2. The van der Waals surface area contributed by atoms with Gasteiger partial charge in [0, 0.05) is 18.5 Å². The summed E-state index contributed by atoms with van der Waals surface area (Å²) in [6.45, 7) is 0. The van der Waals surface area contributed by atoms with Crippen molar-refractivity contribution in [2.75, 3.05) is 12.4 Å². The van der Waals surface area contributed by atoms with Gasteiger partial charge in [-0.05, 0) is 55.7 Å². The second-order valence-corrected chi connectivity index (χ2v) is 11.2. The number of para-hydroxylation sites is 1. The fraction of sp³-hybridized carbons (Fsp3) is 0.621. The van der Waals surface area contributed by atoms with E-state index in [2.05, 4.69) is 29.6 Å². The lowest BCUT2D eigenvalue weighted by molar-refractivity contribution is -0.131. The maximum Gasteiger partial charge on any atom is 0.257 e. The van der Waals surface area contributed by atoms with E-state index in [9.17, 15) is 4.79 Å². The lowest BCUT2D eigenvalue weighted by Crippen LogP contribution is -2.44. The molecule has 0 unspecified atom stereocenters. The van der Waals surface area contributed by atoms with Gasteiger partial charge in [0.1, 0.15) is 11.4 Å². The van der Waals surface area contributed by atoms with Gasteiger partial charge in [-0.3, -0.25) is 9.69 Å². The van der Waals surface area contributed by atoms with Gasteiger partial charge in [-0.2, -0.15) is 0 Å². The fourth-order valence-corrected chi connectivity index (χ4v) is 6.76. The maximum absolute atomic E-state index is 13.4. The number of anilines is 1.